The summed E-state index contributed by atoms with van der Waals surface area (Å²) in [5.74, 6) is 1.23. The van der Waals surface area contributed by atoms with Gasteiger partial charge in [0, 0.05) is 44.8 Å². The third kappa shape index (κ3) is 3.80. The maximum atomic E-state index is 4.48. The van der Waals surface area contributed by atoms with Crippen molar-refractivity contribution in [2.75, 3.05) is 53.0 Å². The van der Waals surface area contributed by atoms with E-state index in [0.717, 1.165) is 12.3 Å². The van der Waals surface area contributed by atoms with Crippen LogP contribution in [0.5, 0.6) is 0 Å². The summed E-state index contributed by atoms with van der Waals surface area (Å²) < 4.78 is 2.19. The Labute approximate surface area is 157 Å². The first kappa shape index (κ1) is 18.0. The number of fused-ring (bicyclic) bond motifs is 1. The smallest absolute Gasteiger partial charge is 0.136 e. The second-order valence-corrected chi connectivity index (χ2v) is 8.49. The van der Waals surface area contributed by atoms with Gasteiger partial charge < -0.3 is 9.30 Å². The molecule has 5 heteroatoms. The van der Waals surface area contributed by atoms with Crippen molar-refractivity contribution in [2.45, 2.75) is 38.5 Å². The van der Waals surface area contributed by atoms with E-state index in [9.17, 15) is 0 Å². The number of piperazine rings is 1. The molecule has 0 bridgehead atoms. The van der Waals surface area contributed by atoms with E-state index >= 15 is 0 Å². The number of rotatable bonds is 4. The molecule has 0 unspecified atom stereocenters. The number of pyridine rings is 1. The number of imidazole rings is 1. The van der Waals surface area contributed by atoms with Crippen molar-refractivity contribution in [3.63, 3.8) is 0 Å². The first-order chi connectivity index (χ1) is 12.6. The van der Waals surface area contributed by atoms with Gasteiger partial charge in [-0.3, -0.25) is 9.80 Å². The molecule has 2 aromatic heterocycles. The van der Waals surface area contributed by atoms with Gasteiger partial charge in [0.05, 0.1) is 6.67 Å². The van der Waals surface area contributed by atoms with E-state index in [1.54, 1.807) is 5.56 Å². The van der Waals surface area contributed by atoms with E-state index in [-0.39, 0.29) is 0 Å². The zero-order chi connectivity index (χ0) is 18.1. The maximum Gasteiger partial charge on any atom is 0.136 e. The van der Waals surface area contributed by atoms with Crippen LogP contribution >= 0.6 is 0 Å². The molecular weight excluding hydrogens is 322 g/mol. The van der Waals surface area contributed by atoms with Crippen LogP contribution < -0.4 is 0 Å². The SMILES string of the molecule is CC(C)c1cc2nccn2cc1C1CCN(CN2CCN(C)CC2)CC1. The molecule has 0 aliphatic carbocycles. The third-order valence-electron chi connectivity index (χ3n) is 6.24. The van der Waals surface area contributed by atoms with E-state index in [1.807, 2.05) is 6.20 Å². The Balaban J connectivity index is 1.41. The molecule has 26 heavy (non-hydrogen) atoms. The molecule has 2 aromatic rings. The summed E-state index contributed by atoms with van der Waals surface area (Å²) in [5.41, 5.74) is 4.11. The lowest BCUT2D eigenvalue weighted by atomic mass is 9.84. The molecule has 0 saturated carbocycles. The predicted octanol–water partition coefficient (Wildman–Crippen LogP) is 2.84. The van der Waals surface area contributed by atoms with Crippen molar-refractivity contribution in [1.82, 2.24) is 24.1 Å². The summed E-state index contributed by atoms with van der Waals surface area (Å²) in [5, 5.41) is 0. The highest BCUT2D eigenvalue weighted by molar-refractivity contribution is 5.47. The Kier molecular flexibility index (Phi) is 5.30. The maximum absolute atomic E-state index is 4.48. The lowest BCUT2D eigenvalue weighted by molar-refractivity contribution is 0.0696. The van der Waals surface area contributed by atoms with Gasteiger partial charge in [0.1, 0.15) is 5.65 Å². The van der Waals surface area contributed by atoms with Crippen LogP contribution in [0, 0.1) is 0 Å². The van der Waals surface area contributed by atoms with Gasteiger partial charge in [-0.1, -0.05) is 13.8 Å². The topological polar surface area (TPSA) is 27.0 Å². The van der Waals surface area contributed by atoms with Crippen molar-refractivity contribution in [1.29, 1.82) is 0 Å². The van der Waals surface area contributed by atoms with Gasteiger partial charge in [-0.25, -0.2) is 4.98 Å². The van der Waals surface area contributed by atoms with Crippen molar-refractivity contribution >= 4 is 5.65 Å². The molecule has 2 aliphatic heterocycles. The largest absolute Gasteiger partial charge is 0.307 e. The number of likely N-dealkylation sites (N-methyl/N-ethyl adjacent to an activating group) is 1. The summed E-state index contributed by atoms with van der Waals surface area (Å²) in [6.07, 6.45) is 8.87. The minimum Gasteiger partial charge on any atom is -0.307 e. The summed E-state index contributed by atoms with van der Waals surface area (Å²) >= 11 is 0. The first-order valence-electron chi connectivity index (χ1n) is 10.2. The van der Waals surface area contributed by atoms with E-state index < -0.39 is 0 Å². The monoisotopic (exact) mass is 355 g/mol. The minimum atomic E-state index is 0.551. The fourth-order valence-corrected chi connectivity index (χ4v) is 4.49. The molecule has 4 rings (SSSR count). The molecule has 5 nitrogen and oxygen atoms in total. The molecule has 0 amide bonds. The zero-order valence-electron chi connectivity index (χ0n) is 16.6. The van der Waals surface area contributed by atoms with Gasteiger partial charge in [-0.05, 0) is 62.0 Å². The number of hydrogen-bond donors (Lipinski definition) is 0. The van der Waals surface area contributed by atoms with Crippen LogP contribution in [0.25, 0.3) is 5.65 Å². The van der Waals surface area contributed by atoms with Gasteiger partial charge in [0.25, 0.3) is 0 Å². The molecule has 2 saturated heterocycles. The van der Waals surface area contributed by atoms with Crippen molar-refractivity contribution in [3.8, 4) is 0 Å². The highest BCUT2D eigenvalue weighted by atomic mass is 15.3. The molecule has 142 valence electrons. The predicted molar refractivity (Wildman–Crippen MR) is 107 cm³/mol. The third-order valence-corrected chi connectivity index (χ3v) is 6.24. The average Bonchev–Trinajstić information content (AvgIpc) is 3.11. The highest BCUT2D eigenvalue weighted by Crippen LogP contribution is 2.34. The van der Waals surface area contributed by atoms with Crippen LogP contribution in [0.4, 0.5) is 0 Å². The Bertz CT molecular complexity index is 721. The van der Waals surface area contributed by atoms with Crippen molar-refractivity contribution < 1.29 is 0 Å². The quantitative estimate of drug-likeness (QED) is 0.843. The van der Waals surface area contributed by atoms with Crippen LogP contribution in [0.15, 0.2) is 24.7 Å². The van der Waals surface area contributed by atoms with Crippen LogP contribution in [-0.2, 0) is 0 Å². The van der Waals surface area contributed by atoms with Crippen LogP contribution in [0.2, 0.25) is 0 Å². The second kappa shape index (κ2) is 7.67. The Morgan fingerprint density at radius 3 is 2.42 bits per heavy atom. The molecule has 0 radical (unpaired) electrons. The summed E-state index contributed by atoms with van der Waals surface area (Å²) in [7, 11) is 2.23. The second-order valence-electron chi connectivity index (χ2n) is 8.49. The molecular formula is C21H33N5. The van der Waals surface area contributed by atoms with E-state index in [2.05, 4.69) is 63.4 Å². The fraction of sp³-hybridized carbons (Fsp3) is 0.667. The lowest BCUT2D eigenvalue weighted by Crippen LogP contribution is -2.50. The van der Waals surface area contributed by atoms with Gasteiger partial charge >= 0.3 is 0 Å². The van der Waals surface area contributed by atoms with E-state index in [4.69, 9.17) is 0 Å². The standard InChI is InChI=1S/C21H33N5/c1-17(2)19-14-21-22-6-9-26(21)15-20(19)18-4-7-24(8-5-18)16-25-12-10-23(3)11-13-25/h6,9,14-15,17-18H,4-5,7-8,10-13,16H2,1-3H3. The van der Waals surface area contributed by atoms with Crippen LogP contribution in [0.3, 0.4) is 0 Å². The highest BCUT2D eigenvalue weighted by Gasteiger charge is 2.25. The molecule has 0 spiro atoms. The molecule has 2 fully saturated rings. The van der Waals surface area contributed by atoms with E-state index in [1.165, 1.54) is 57.7 Å². The average molecular weight is 356 g/mol. The zero-order valence-corrected chi connectivity index (χ0v) is 16.6. The number of hydrogen-bond acceptors (Lipinski definition) is 4. The van der Waals surface area contributed by atoms with Crippen molar-refractivity contribution in [3.05, 3.63) is 35.8 Å². The summed E-state index contributed by atoms with van der Waals surface area (Å²) in [6.45, 7) is 13.0. The minimum absolute atomic E-state index is 0.551. The Morgan fingerprint density at radius 2 is 1.73 bits per heavy atom. The van der Waals surface area contributed by atoms with Crippen molar-refractivity contribution in [2.24, 2.45) is 0 Å². The Hall–Kier alpha value is -1.43. The number of likely N-dealkylation sites (tertiary alicyclic amines) is 1. The number of nitrogens with zero attached hydrogens (tertiary/aromatic N) is 5. The van der Waals surface area contributed by atoms with Gasteiger partial charge in [-0.15, -0.1) is 0 Å². The number of aromatic nitrogens is 2. The van der Waals surface area contributed by atoms with Crippen LogP contribution in [0.1, 0.15) is 49.7 Å². The first-order valence-corrected chi connectivity index (χ1v) is 10.2. The molecule has 4 heterocycles. The molecule has 0 atom stereocenters. The normalized spacial score (nSPS) is 21.8. The van der Waals surface area contributed by atoms with Gasteiger partial charge in [0.15, 0.2) is 0 Å². The summed E-state index contributed by atoms with van der Waals surface area (Å²) in [6, 6.07) is 2.30. The fourth-order valence-electron chi connectivity index (χ4n) is 4.49. The molecule has 2 aliphatic rings. The summed E-state index contributed by atoms with van der Waals surface area (Å²) in [4.78, 5) is 12.2. The molecule has 0 aromatic carbocycles. The van der Waals surface area contributed by atoms with E-state index in [0.29, 0.717) is 11.8 Å². The number of piperidine rings is 1. The molecule has 0 N–H and O–H groups in total. The van der Waals surface area contributed by atoms with Crippen LogP contribution in [-0.4, -0.2) is 77.1 Å². The lowest BCUT2D eigenvalue weighted by Gasteiger charge is -2.39. The Morgan fingerprint density at radius 1 is 1.04 bits per heavy atom. The van der Waals surface area contributed by atoms with Gasteiger partial charge in [-0.2, -0.15) is 0 Å². The van der Waals surface area contributed by atoms with Gasteiger partial charge in [0.2, 0.25) is 0 Å².